The standard InChI is InChI=1S/C15H25NO2S/c1-4-8-16-14(7-9-17)11-19(18)15-10-12(2)5-6-13(15)3/h5-6,10,14,16-17H,4,7-9,11H2,1-3H3. The number of benzene rings is 1. The molecule has 0 aliphatic heterocycles. The van der Waals surface area contributed by atoms with Gasteiger partial charge in [-0.15, -0.1) is 0 Å². The van der Waals surface area contributed by atoms with Gasteiger partial charge in [-0.25, -0.2) is 0 Å². The lowest BCUT2D eigenvalue weighted by molar-refractivity contribution is 0.270. The molecule has 0 aromatic heterocycles. The van der Waals surface area contributed by atoms with Gasteiger partial charge in [0, 0.05) is 23.3 Å². The van der Waals surface area contributed by atoms with E-state index >= 15 is 0 Å². The van der Waals surface area contributed by atoms with E-state index in [1.807, 2.05) is 32.0 Å². The fraction of sp³-hybridized carbons (Fsp3) is 0.600. The van der Waals surface area contributed by atoms with Gasteiger partial charge in [-0.2, -0.15) is 0 Å². The maximum atomic E-state index is 12.5. The number of rotatable bonds is 8. The van der Waals surface area contributed by atoms with Gasteiger partial charge in [0.2, 0.25) is 0 Å². The molecule has 4 heteroatoms. The third kappa shape index (κ3) is 5.43. The zero-order valence-corrected chi connectivity index (χ0v) is 12.9. The monoisotopic (exact) mass is 283 g/mol. The van der Waals surface area contributed by atoms with Crippen LogP contribution in [0.4, 0.5) is 0 Å². The van der Waals surface area contributed by atoms with Gasteiger partial charge in [-0.1, -0.05) is 19.1 Å². The van der Waals surface area contributed by atoms with Gasteiger partial charge in [0.25, 0.3) is 0 Å². The lowest BCUT2D eigenvalue weighted by atomic mass is 10.2. The number of hydrogen-bond acceptors (Lipinski definition) is 3. The van der Waals surface area contributed by atoms with Crippen molar-refractivity contribution in [3.63, 3.8) is 0 Å². The summed E-state index contributed by atoms with van der Waals surface area (Å²) in [4.78, 5) is 0.918. The quantitative estimate of drug-likeness (QED) is 0.768. The summed E-state index contributed by atoms with van der Waals surface area (Å²) in [5, 5.41) is 12.4. The van der Waals surface area contributed by atoms with E-state index in [1.54, 1.807) is 0 Å². The average molecular weight is 283 g/mol. The summed E-state index contributed by atoms with van der Waals surface area (Å²) in [6, 6.07) is 6.17. The van der Waals surface area contributed by atoms with Crippen molar-refractivity contribution in [2.45, 2.75) is 44.6 Å². The molecule has 0 saturated carbocycles. The van der Waals surface area contributed by atoms with Crippen LogP contribution >= 0.6 is 0 Å². The SMILES string of the molecule is CCCNC(CCO)CS(=O)c1cc(C)ccc1C. The molecule has 19 heavy (non-hydrogen) atoms. The highest BCUT2D eigenvalue weighted by molar-refractivity contribution is 7.85. The van der Waals surface area contributed by atoms with Crippen molar-refractivity contribution in [3.05, 3.63) is 29.3 Å². The molecule has 1 rings (SSSR count). The van der Waals surface area contributed by atoms with E-state index < -0.39 is 10.8 Å². The van der Waals surface area contributed by atoms with E-state index in [4.69, 9.17) is 5.11 Å². The highest BCUT2D eigenvalue weighted by atomic mass is 32.2. The Kier molecular flexibility index (Phi) is 7.28. The predicted octanol–water partition coefficient (Wildman–Crippen LogP) is 2.16. The Morgan fingerprint density at radius 3 is 2.74 bits per heavy atom. The maximum Gasteiger partial charge on any atom is 0.0548 e. The fourth-order valence-corrected chi connectivity index (χ4v) is 3.55. The minimum absolute atomic E-state index is 0.116. The number of hydrogen-bond donors (Lipinski definition) is 2. The van der Waals surface area contributed by atoms with E-state index in [9.17, 15) is 4.21 Å². The number of aliphatic hydroxyl groups is 1. The minimum atomic E-state index is -1.01. The molecule has 0 amide bonds. The maximum absolute atomic E-state index is 12.5. The molecular weight excluding hydrogens is 258 g/mol. The highest BCUT2D eigenvalue weighted by Crippen LogP contribution is 2.16. The Morgan fingerprint density at radius 1 is 1.37 bits per heavy atom. The first kappa shape index (κ1) is 16.3. The lowest BCUT2D eigenvalue weighted by Gasteiger charge is -2.17. The van der Waals surface area contributed by atoms with E-state index in [1.165, 1.54) is 0 Å². The second kappa shape index (κ2) is 8.46. The second-order valence-corrected chi connectivity index (χ2v) is 6.41. The number of aryl methyl sites for hydroxylation is 2. The Balaban J connectivity index is 2.72. The van der Waals surface area contributed by atoms with Crippen LogP contribution in [-0.4, -0.2) is 34.3 Å². The lowest BCUT2D eigenvalue weighted by Crippen LogP contribution is -2.35. The first-order valence-corrected chi connectivity index (χ1v) is 8.20. The molecule has 0 radical (unpaired) electrons. The Morgan fingerprint density at radius 2 is 2.11 bits per heavy atom. The van der Waals surface area contributed by atoms with Crippen LogP contribution in [0.5, 0.6) is 0 Å². The third-order valence-corrected chi connectivity index (χ3v) is 4.74. The van der Waals surface area contributed by atoms with E-state index in [0.717, 1.165) is 29.0 Å². The summed E-state index contributed by atoms with van der Waals surface area (Å²) in [6.45, 7) is 7.14. The molecule has 0 aliphatic rings. The number of aliphatic hydroxyl groups excluding tert-OH is 1. The molecule has 1 aromatic carbocycles. The van der Waals surface area contributed by atoms with Crippen LogP contribution in [0.1, 0.15) is 30.9 Å². The van der Waals surface area contributed by atoms with Gasteiger partial charge in [0.15, 0.2) is 0 Å². The van der Waals surface area contributed by atoms with Crippen molar-refractivity contribution < 1.29 is 9.32 Å². The van der Waals surface area contributed by atoms with Crippen molar-refractivity contribution in [3.8, 4) is 0 Å². The first-order valence-electron chi connectivity index (χ1n) is 6.88. The minimum Gasteiger partial charge on any atom is -0.396 e. The summed E-state index contributed by atoms with van der Waals surface area (Å²) in [7, 11) is -1.01. The Labute approximate surface area is 118 Å². The predicted molar refractivity (Wildman–Crippen MR) is 81.0 cm³/mol. The highest BCUT2D eigenvalue weighted by Gasteiger charge is 2.14. The topological polar surface area (TPSA) is 49.3 Å². The van der Waals surface area contributed by atoms with Crippen molar-refractivity contribution in [2.24, 2.45) is 0 Å². The van der Waals surface area contributed by atoms with E-state index in [-0.39, 0.29) is 12.6 Å². The molecule has 2 N–H and O–H groups in total. The fourth-order valence-electron chi connectivity index (χ4n) is 1.97. The van der Waals surface area contributed by atoms with Crippen LogP contribution in [0, 0.1) is 13.8 Å². The largest absolute Gasteiger partial charge is 0.396 e. The van der Waals surface area contributed by atoms with Gasteiger partial charge >= 0.3 is 0 Å². The van der Waals surface area contributed by atoms with Crippen LogP contribution in [0.3, 0.4) is 0 Å². The molecule has 3 nitrogen and oxygen atoms in total. The van der Waals surface area contributed by atoms with E-state index in [0.29, 0.717) is 12.2 Å². The molecule has 2 unspecified atom stereocenters. The molecule has 0 heterocycles. The van der Waals surface area contributed by atoms with Crippen molar-refractivity contribution >= 4 is 10.8 Å². The second-order valence-electron chi connectivity index (χ2n) is 4.94. The first-order chi connectivity index (χ1) is 9.08. The van der Waals surface area contributed by atoms with Crippen LogP contribution in [-0.2, 0) is 10.8 Å². The van der Waals surface area contributed by atoms with Crippen LogP contribution < -0.4 is 5.32 Å². The van der Waals surface area contributed by atoms with Gasteiger partial charge in [-0.3, -0.25) is 4.21 Å². The van der Waals surface area contributed by atoms with E-state index in [2.05, 4.69) is 12.2 Å². The Bertz CT molecular complexity index is 421. The molecule has 1 aromatic rings. The summed E-state index contributed by atoms with van der Waals surface area (Å²) in [5.41, 5.74) is 2.20. The van der Waals surface area contributed by atoms with Crippen molar-refractivity contribution in [2.75, 3.05) is 18.9 Å². The smallest absolute Gasteiger partial charge is 0.0548 e. The number of nitrogens with one attached hydrogen (secondary N) is 1. The molecule has 108 valence electrons. The molecule has 0 aliphatic carbocycles. The Hall–Kier alpha value is -0.710. The molecule has 0 saturated heterocycles. The molecule has 0 spiro atoms. The third-order valence-electron chi connectivity index (χ3n) is 3.10. The normalized spacial score (nSPS) is 14.3. The molecule has 0 bridgehead atoms. The van der Waals surface area contributed by atoms with Crippen LogP contribution in [0.25, 0.3) is 0 Å². The summed E-state index contributed by atoms with van der Waals surface area (Å²) in [5.74, 6) is 0.560. The zero-order valence-electron chi connectivity index (χ0n) is 12.1. The summed E-state index contributed by atoms with van der Waals surface area (Å²) < 4.78 is 12.5. The zero-order chi connectivity index (χ0) is 14.3. The van der Waals surface area contributed by atoms with Crippen molar-refractivity contribution in [1.29, 1.82) is 0 Å². The van der Waals surface area contributed by atoms with Crippen LogP contribution in [0.15, 0.2) is 23.1 Å². The summed E-state index contributed by atoms with van der Waals surface area (Å²) >= 11 is 0. The molecule has 2 atom stereocenters. The van der Waals surface area contributed by atoms with Crippen LogP contribution in [0.2, 0.25) is 0 Å². The van der Waals surface area contributed by atoms with Crippen molar-refractivity contribution in [1.82, 2.24) is 5.32 Å². The van der Waals surface area contributed by atoms with Gasteiger partial charge in [0.1, 0.15) is 0 Å². The van der Waals surface area contributed by atoms with Gasteiger partial charge in [-0.05, 0) is 50.4 Å². The van der Waals surface area contributed by atoms with Gasteiger partial charge < -0.3 is 10.4 Å². The average Bonchev–Trinajstić information content (AvgIpc) is 2.39. The molecule has 0 fully saturated rings. The summed E-state index contributed by atoms with van der Waals surface area (Å²) in [6.07, 6.45) is 1.69. The van der Waals surface area contributed by atoms with Gasteiger partial charge in [0.05, 0.1) is 10.8 Å². The molecular formula is C15H25NO2S.